The maximum atomic E-state index is 13.5. The third-order valence-corrected chi connectivity index (χ3v) is 5.19. The van der Waals surface area contributed by atoms with Crippen LogP contribution in [0.15, 0.2) is 66.0 Å². The van der Waals surface area contributed by atoms with Crippen molar-refractivity contribution < 1.29 is 4.79 Å². The van der Waals surface area contributed by atoms with E-state index in [-0.39, 0.29) is 23.8 Å². The molecule has 2 aromatic heterocycles. The summed E-state index contributed by atoms with van der Waals surface area (Å²) in [7, 11) is 1.54. The molecule has 4 rings (SSSR count). The van der Waals surface area contributed by atoms with Crippen molar-refractivity contribution in [2.24, 2.45) is 0 Å². The van der Waals surface area contributed by atoms with Crippen LogP contribution in [0.2, 0.25) is 0 Å². The average Bonchev–Trinajstić information content (AvgIpc) is 3.05. The van der Waals surface area contributed by atoms with Crippen LogP contribution in [0, 0.1) is 13.8 Å². The van der Waals surface area contributed by atoms with Crippen molar-refractivity contribution in [1.82, 2.24) is 24.4 Å². The molecule has 1 N–H and O–H groups in total. The molecule has 0 fully saturated rings. The van der Waals surface area contributed by atoms with E-state index in [1.54, 1.807) is 10.6 Å². The fraction of sp³-hybridized carbons (Fsp3) is 0.167. The number of para-hydroxylation sites is 1. The van der Waals surface area contributed by atoms with Gasteiger partial charge in [-0.2, -0.15) is 0 Å². The van der Waals surface area contributed by atoms with Crippen molar-refractivity contribution in [1.29, 1.82) is 0 Å². The van der Waals surface area contributed by atoms with Gasteiger partial charge in [0.2, 0.25) is 0 Å². The van der Waals surface area contributed by atoms with Crippen molar-refractivity contribution in [3.63, 3.8) is 0 Å². The molecule has 0 saturated heterocycles. The molecular weight excluding hydrogens is 390 g/mol. The summed E-state index contributed by atoms with van der Waals surface area (Å²) in [6, 6.07) is 15.3. The van der Waals surface area contributed by atoms with Crippen LogP contribution >= 0.6 is 0 Å². The molecular formula is C24H23N5O2. The first-order valence-electron chi connectivity index (χ1n) is 9.95. The van der Waals surface area contributed by atoms with E-state index in [0.29, 0.717) is 22.7 Å². The molecule has 7 nitrogen and oxygen atoms in total. The van der Waals surface area contributed by atoms with Crippen molar-refractivity contribution in [3.05, 3.63) is 88.5 Å². The molecule has 156 valence electrons. The first kappa shape index (κ1) is 20.3. The lowest BCUT2D eigenvalue weighted by Gasteiger charge is -2.09. The number of imidazole rings is 1. The number of carbonyl (C=O) groups is 1. The molecule has 7 heteroatoms. The largest absolute Gasteiger partial charge is 0.354 e. The van der Waals surface area contributed by atoms with Crippen molar-refractivity contribution in [2.45, 2.75) is 20.4 Å². The molecule has 0 saturated carbocycles. The molecule has 2 heterocycles. The topological polar surface area (TPSA) is 81.8 Å². The summed E-state index contributed by atoms with van der Waals surface area (Å²) in [4.78, 5) is 35.6. The van der Waals surface area contributed by atoms with E-state index in [1.165, 1.54) is 11.6 Å². The summed E-state index contributed by atoms with van der Waals surface area (Å²) < 4.78 is 3.03. The van der Waals surface area contributed by atoms with Gasteiger partial charge in [0.1, 0.15) is 5.52 Å². The van der Waals surface area contributed by atoms with Gasteiger partial charge in [-0.15, -0.1) is 6.58 Å². The van der Waals surface area contributed by atoms with Gasteiger partial charge in [-0.3, -0.25) is 9.36 Å². The highest BCUT2D eigenvalue weighted by molar-refractivity contribution is 6.03. The minimum Gasteiger partial charge on any atom is -0.354 e. The minimum atomic E-state index is -0.388. The highest BCUT2D eigenvalue weighted by Gasteiger charge is 2.25. The zero-order valence-electron chi connectivity index (χ0n) is 17.7. The molecule has 1 amide bonds. The average molecular weight is 413 g/mol. The van der Waals surface area contributed by atoms with Crippen LogP contribution in [0.1, 0.15) is 21.6 Å². The maximum Gasteiger partial charge on any atom is 0.335 e. The standard InChI is InChI=1S/C24H23N5O2/c1-5-14-28-20-19(23(30)25-4)26-21(17-12-10-15(2)11-13-17)27-22(20)29(24(28)31)18-9-7-6-8-16(18)3/h5-13H,1,14H2,2-4H3,(H,25,30). The van der Waals surface area contributed by atoms with Gasteiger partial charge in [0, 0.05) is 19.2 Å². The molecule has 0 aliphatic carbocycles. The Kier molecular flexibility index (Phi) is 5.25. The lowest BCUT2D eigenvalue weighted by Crippen LogP contribution is -2.24. The Bertz CT molecular complexity index is 1360. The number of hydrogen-bond donors (Lipinski definition) is 1. The Hall–Kier alpha value is -4.00. The number of nitrogens with one attached hydrogen (secondary N) is 1. The van der Waals surface area contributed by atoms with Gasteiger partial charge >= 0.3 is 5.69 Å². The third kappa shape index (κ3) is 3.44. The van der Waals surface area contributed by atoms with Crippen molar-refractivity contribution >= 4 is 17.1 Å². The fourth-order valence-corrected chi connectivity index (χ4v) is 3.59. The maximum absolute atomic E-state index is 13.5. The zero-order valence-corrected chi connectivity index (χ0v) is 17.7. The molecule has 0 unspecified atom stereocenters. The Morgan fingerprint density at radius 1 is 1.10 bits per heavy atom. The van der Waals surface area contributed by atoms with Gasteiger partial charge in [-0.25, -0.2) is 19.3 Å². The van der Waals surface area contributed by atoms with Crippen LogP contribution in [0.25, 0.3) is 28.2 Å². The van der Waals surface area contributed by atoms with Gasteiger partial charge in [-0.05, 0) is 25.5 Å². The number of aryl methyl sites for hydroxylation is 2. The monoisotopic (exact) mass is 413 g/mol. The fourth-order valence-electron chi connectivity index (χ4n) is 3.59. The molecule has 0 atom stereocenters. The number of benzene rings is 2. The van der Waals surface area contributed by atoms with E-state index < -0.39 is 0 Å². The second-order valence-electron chi connectivity index (χ2n) is 7.32. The molecule has 2 aromatic carbocycles. The van der Waals surface area contributed by atoms with E-state index in [1.807, 2.05) is 62.4 Å². The van der Waals surface area contributed by atoms with E-state index in [0.717, 1.165) is 16.7 Å². The summed E-state index contributed by atoms with van der Waals surface area (Å²) in [5.74, 6) is -0.00954. The van der Waals surface area contributed by atoms with Crippen LogP contribution in [0.4, 0.5) is 0 Å². The van der Waals surface area contributed by atoms with Gasteiger partial charge in [0.25, 0.3) is 5.91 Å². The Labute approximate surface area is 179 Å². The first-order chi connectivity index (χ1) is 15.0. The van der Waals surface area contributed by atoms with E-state index in [9.17, 15) is 9.59 Å². The number of allylic oxidation sites excluding steroid dienone is 1. The Balaban J connectivity index is 2.16. The number of amides is 1. The first-order valence-corrected chi connectivity index (χ1v) is 9.95. The number of nitrogens with zero attached hydrogens (tertiary/aromatic N) is 4. The second kappa shape index (κ2) is 8.02. The van der Waals surface area contributed by atoms with Crippen molar-refractivity contribution in [3.8, 4) is 17.1 Å². The van der Waals surface area contributed by atoms with Gasteiger partial charge in [0.05, 0.1) is 5.69 Å². The van der Waals surface area contributed by atoms with E-state index in [4.69, 9.17) is 4.98 Å². The van der Waals surface area contributed by atoms with Crippen LogP contribution < -0.4 is 11.0 Å². The predicted octanol–water partition coefficient (Wildman–Crippen LogP) is 3.41. The Morgan fingerprint density at radius 2 is 1.81 bits per heavy atom. The number of hydrogen-bond acceptors (Lipinski definition) is 4. The quantitative estimate of drug-likeness (QED) is 0.509. The summed E-state index contributed by atoms with van der Waals surface area (Å²) in [6.07, 6.45) is 1.62. The number of rotatable bonds is 5. The third-order valence-electron chi connectivity index (χ3n) is 5.19. The SMILES string of the molecule is C=CCn1c(=O)n(-c2ccccc2C)c2nc(-c3ccc(C)cc3)nc(C(=O)NC)c21. The smallest absolute Gasteiger partial charge is 0.335 e. The lowest BCUT2D eigenvalue weighted by molar-refractivity contribution is 0.0959. The molecule has 0 aliphatic rings. The summed E-state index contributed by atoms with van der Waals surface area (Å²) >= 11 is 0. The lowest BCUT2D eigenvalue weighted by atomic mass is 10.1. The summed E-state index contributed by atoms with van der Waals surface area (Å²) in [6.45, 7) is 7.91. The molecule has 0 bridgehead atoms. The Morgan fingerprint density at radius 3 is 2.45 bits per heavy atom. The highest BCUT2D eigenvalue weighted by atomic mass is 16.2. The number of aromatic nitrogens is 4. The zero-order chi connectivity index (χ0) is 22.1. The second-order valence-corrected chi connectivity index (χ2v) is 7.32. The number of fused-ring (bicyclic) bond motifs is 1. The highest BCUT2D eigenvalue weighted by Crippen LogP contribution is 2.25. The van der Waals surface area contributed by atoms with Crippen LogP contribution in [0.3, 0.4) is 0 Å². The molecule has 0 spiro atoms. The van der Waals surface area contributed by atoms with Crippen LogP contribution in [-0.4, -0.2) is 32.1 Å². The molecule has 0 radical (unpaired) electrons. The summed E-state index contributed by atoms with van der Waals surface area (Å²) in [5, 5.41) is 2.63. The normalized spacial score (nSPS) is 10.9. The molecule has 0 aliphatic heterocycles. The summed E-state index contributed by atoms with van der Waals surface area (Å²) in [5.41, 5.74) is 4.09. The van der Waals surface area contributed by atoms with Gasteiger partial charge in [0.15, 0.2) is 17.2 Å². The molecule has 4 aromatic rings. The predicted molar refractivity (Wildman–Crippen MR) is 122 cm³/mol. The van der Waals surface area contributed by atoms with Crippen LogP contribution in [0.5, 0.6) is 0 Å². The van der Waals surface area contributed by atoms with E-state index in [2.05, 4.69) is 16.9 Å². The minimum absolute atomic E-state index is 0.148. The van der Waals surface area contributed by atoms with Gasteiger partial charge in [-0.1, -0.05) is 54.1 Å². The number of carbonyl (C=O) groups excluding carboxylic acids is 1. The van der Waals surface area contributed by atoms with Crippen LogP contribution in [-0.2, 0) is 6.54 Å². The molecule has 31 heavy (non-hydrogen) atoms. The van der Waals surface area contributed by atoms with Gasteiger partial charge < -0.3 is 5.32 Å². The van der Waals surface area contributed by atoms with E-state index >= 15 is 0 Å². The van der Waals surface area contributed by atoms with Crippen molar-refractivity contribution in [2.75, 3.05) is 7.05 Å².